The van der Waals surface area contributed by atoms with Gasteiger partial charge in [-0.05, 0) is 44.2 Å². The van der Waals surface area contributed by atoms with Crippen molar-refractivity contribution in [2.45, 2.75) is 38.3 Å². The number of nitrogens with zero attached hydrogens (tertiary/aromatic N) is 1. The van der Waals surface area contributed by atoms with Crippen molar-refractivity contribution in [3.63, 3.8) is 0 Å². The number of rotatable bonds is 4. The van der Waals surface area contributed by atoms with Crippen molar-refractivity contribution >= 4 is 23.0 Å². The Hall–Kier alpha value is -1.20. The fourth-order valence-electron chi connectivity index (χ4n) is 2.73. The van der Waals surface area contributed by atoms with Crippen LogP contribution in [0.15, 0.2) is 12.1 Å². The summed E-state index contributed by atoms with van der Waals surface area (Å²) < 4.78 is 5.83. The molecule has 0 amide bonds. The van der Waals surface area contributed by atoms with Crippen LogP contribution in [-0.2, 0) is 4.74 Å². The number of thiocarbonyl (C=S) groups is 1. The molecule has 0 spiro atoms. The fraction of sp³-hybridized carbons (Fsp3) is 0.571. The highest BCUT2D eigenvalue weighted by atomic mass is 32.1. The van der Waals surface area contributed by atoms with Crippen molar-refractivity contribution in [3.05, 3.63) is 23.4 Å². The van der Waals surface area contributed by atoms with Gasteiger partial charge < -0.3 is 15.8 Å². The molecule has 1 saturated carbocycles. The number of anilines is 1. The van der Waals surface area contributed by atoms with E-state index in [9.17, 15) is 0 Å². The largest absolute Gasteiger partial charge is 0.389 e. The summed E-state index contributed by atoms with van der Waals surface area (Å²) in [5.74, 6) is 1.59. The number of hydrogen-bond acceptors (Lipinski definition) is 4. The zero-order valence-corrected chi connectivity index (χ0v) is 11.9. The maximum absolute atomic E-state index is 5.83. The minimum Gasteiger partial charge on any atom is -0.389 e. The van der Waals surface area contributed by atoms with E-state index < -0.39 is 0 Å². The first-order chi connectivity index (χ1) is 9.13. The molecule has 2 atom stereocenters. The lowest BCUT2D eigenvalue weighted by Crippen LogP contribution is -2.31. The Kier molecular flexibility index (Phi) is 3.41. The van der Waals surface area contributed by atoms with Crippen molar-refractivity contribution in [1.29, 1.82) is 0 Å². The number of hydrogen-bond donors (Lipinski definition) is 2. The average Bonchev–Trinajstić information content (AvgIpc) is 3.10. The second kappa shape index (κ2) is 5.06. The third-order valence-corrected chi connectivity index (χ3v) is 4.03. The van der Waals surface area contributed by atoms with Crippen LogP contribution in [-0.4, -0.2) is 28.7 Å². The van der Waals surface area contributed by atoms with Crippen LogP contribution in [0.1, 0.15) is 30.5 Å². The Morgan fingerprint density at radius 3 is 2.89 bits per heavy atom. The van der Waals surface area contributed by atoms with E-state index in [1.807, 2.05) is 19.1 Å². The van der Waals surface area contributed by atoms with E-state index in [0.717, 1.165) is 36.0 Å². The van der Waals surface area contributed by atoms with Gasteiger partial charge in [-0.2, -0.15) is 0 Å². The van der Waals surface area contributed by atoms with Gasteiger partial charge in [0.15, 0.2) is 0 Å². The number of ether oxygens (including phenoxy) is 1. The van der Waals surface area contributed by atoms with Crippen LogP contribution in [0.4, 0.5) is 5.82 Å². The number of aryl methyl sites for hydroxylation is 1. The number of aromatic nitrogens is 1. The zero-order valence-electron chi connectivity index (χ0n) is 11.1. The zero-order chi connectivity index (χ0) is 13.4. The normalized spacial score (nSPS) is 26.4. The Labute approximate surface area is 118 Å². The van der Waals surface area contributed by atoms with Gasteiger partial charge in [-0.1, -0.05) is 12.2 Å². The summed E-state index contributed by atoms with van der Waals surface area (Å²) in [6.45, 7) is 2.79. The van der Waals surface area contributed by atoms with Crippen molar-refractivity contribution in [2.24, 2.45) is 11.7 Å². The molecule has 19 heavy (non-hydrogen) atoms. The number of nitrogens with one attached hydrogen (secondary N) is 1. The quantitative estimate of drug-likeness (QED) is 0.824. The minimum atomic E-state index is 0.343. The minimum absolute atomic E-state index is 0.343. The Morgan fingerprint density at radius 2 is 2.21 bits per heavy atom. The summed E-state index contributed by atoms with van der Waals surface area (Å²) in [5, 5.41) is 3.50. The van der Waals surface area contributed by atoms with E-state index in [1.54, 1.807) is 0 Å². The van der Waals surface area contributed by atoms with Gasteiger partial charge in [-0.15, -0.1) is 0 Å². The van der Waals surface area contributed by atoms with Crippen molar-refractivity contribution in [2.75, 3.05) is 11.9 Å². The van der Waals surface area contributed by atoms with Crippen molar-refractivity contribution in [1.82, 2.24) is 4.98 Å². The summed E-state index contributed by atoms with van der Waals surface area (Å²) in [7, 11) is 0. The standard InChI is InChI=1S/C14H19N3OS/c1-8-6-10(14(15)19)7-12(16-8)17-11-4-5-18-13(11)9-2-3-9/h6-7,9,11,13H,2-5H2,1H3,(H2,15,19)(H,16,17). The molecule has 0 aromatic carbocycles. The Morgan fingerprint density at radius 1 is 1.42 bits per heavy atom. The second-order valence-electron chi connectivity index (χ2n) is 5.46. The van der Waals surface area contributed by atoms with Gasteiger partial charge in [-0.3, -0.25) is 0 Å². The summed E-state index contributed by atoms with van der Waals surface area (Å²) in [4.78, 5) is 4.92. The summed E-state index contributed by atoms with van der Waals surface area (Å²) in [6.07, 6.45) is 3.97. The number of pyridine rings is 1. The SMILES string of the molecule is Cc1cc(C(N)=S)cc(NC2CCOC2C2CC2)n1. The van der Waals surface area contributed by atoms with Gasteiger partial charge >= 0.3 is 0 Å². The molecule has 2 aliphatic rings. The molecule has 1 aliphatic carbocycles. The molecule has 102 valence electrons. The maximum Gasteiger partial charge on any atom is 0.127 e. The lowest BCUT2D eigenvalue weighted by atomic mass is 10.1. The highest BCUT2D eigenvalue weighted by molar-refractivity contribution is 7.80. The van der Waals surface area contributed by atoms with Gasteiger partial charge in [-0.25, -0.2) is 4.98 Å². The molecule has 0 radical (unpaired) electrons. The third-order valence-electron chi connectivity index (χ3n) is 3.79. The van der Waals surface area contributed by atoms with Crippen LogP contribution < -0.4 is 11.1 Å². The summed E-state index contributed by atoms with van der Waals surface area (Å²) in [6, 6.07) is 4.20. The van der Waals surface area contributed by atoms with Crippen LogP contribution in [0, 0.1) is 12.8 Å². The number of nitrogens with two attached hydrogens (primary N) is 1. The average molecular weight is 277 g/mol. The molecule has 3 rings (SSSR count). The lowest BCUT2D eigenvalue weighted by molar-refractivity contribution is 0.0898. The molecule has 1 saturated heterocycles. The van der Waals surface area contributed by atoms with Gasteiger partial charge in [0, 0.05) is 17.9 Å². The van der Waals surface area contributed by atoms with Gasteiger partial charge in [0.25, 0.3) is 0 Å². The van der Waals surface area contributed by atoms with E-state index in [1.165, 1.54) is 12.8 Å². The monoisotopic (exact) mass is 277 g/mol. The molecule has 2 heterocycles. The van der Waals surface area contributed by atoms with Crippen LogP contribution in [0.3, 0.4) is 0 Å². The highest BCUT2D eigenvalue weighted by Gasteiger charge is 2.40. The second-order valence-corrected chi connectivity index (χ2v) is 5.90. The Bertz CT molecular complexity index is 501. The van der Waals surface area contributed by atoms with E-state index in [4.69, 9.17) is 22.7 Å². The molecular weight excluding hydrogens is 258 g/mol. The van der Waals surface area contributed by atoms with E-state index in [0.29, 0.717) is 17.1 Å². The summed E-state index contributed by atoms with van der Waals surface area (Å²) in [5.41, 5.74) is 7.49. The fourth-order valence-corrected chi connectivity index (χ4v) is 2.85. The van der Waals surface area contributed by atoms with E-state index >= 15 is 0 Å². The van der Waals surface area contributed by atoms with Crippen LogP contribution in [0.5, 0.6) is 0 Å². The van der Waals surface area contributed by atoms with Crippen LogP contribution in [0.2, 0.25) is 0 Å². The first kappa shape index (κ1) is 12.8. The molecule has 1 aromatic rings. The molecular formula is C14H19N3OS. The van der Waals surface area contributed by atoms with Crippen LogP contribution in [0.25, 0.3) is 0 Å². The maximum atomic E-state index is 5.83. The highest BCUT2D eigenvalue weighted by Crippen LogP contribution is 2.39. The summed E-state index contributed by atoms with van der Waals surface area (Å²) >= 11 is 5.04. The first-order valence-electron chi connectivity index (χ1n) is 6.80. The molecule has 2 unspecified atom stereocenters. The molecule has 2 fully saturated rings. The van der Waals surface area contributed by atoms with Gasteiger partial charge in [0.2, 0.25) is 0 Å². The molecule has 5 heteroatoms. The molecule has 1 aliphatic heterocycles. The van der Waals surface area contributed by atoms with Crippen LogP contribution >= 0.6 is 12.2 Å². The molecule has 1 aromatic heterocycles. The predicted molar refractivity (Wildman–Crippen MR) is 79.4 cm³/mol. The third kappa shape index (κ3) is 2.87. The Balaban J connectivity index is 1.76. The first-order valence-corrected chi connectivity index (χ1v) is 7.21. The predicted octanol–water partition coefficient (Wildman–Crippen LogP) is 2.00. The molecule has 4 nitrogen and oxygen atoms in total. The topological polar surface area (TPSA) is 60.2 Å². The molecule has 3 N–H and O–H groups in total. The van der Waals surface area contributed by atoms with E-state index in [-0.39, 0.29) is 0 Å². The smallest absolute Gasteiger partial charge is 0.127 e. The lowest BCUT2D eigenvalue weighted by Gasteiger charge is -2.20. The van der Waals surface area contributed by atoms with Crippen molar-refractivity contribution in [3.8, 4) is 0 Å². The van der Waals surface area contributed by atoms with Gasteiger partial charge in [0.1, 0.15) is 10.8 Å². The molecule has 0 bridgehead atoms. The van der Waals surface area contributed by atoms with Gasteiger partial charge in [0.05, 0.1) is 12.1 Å². The van der Waals surface area contributed by atoms with Crippen molar-refractivity contribution < 1.29 is 4.74 Å². The van der Waals surface area contributed by atoms with E-state index in [2.05, 4.69) is 10.3 Å².